The van der Waals surface area contributed by atoms with Gasteiger partial charge in [-0.15, -0.1) is 0 Å². The van der Waals surface area contributed by atoms with Crippen LogP contribution in [0.25, 0.3) is 22.4 Å². The molecule has 2 aromatic carbocycles. The summed E-state index contributed by atoms with van der Waals surface area (Å²) in [7, 11) is -3.84. The van der Waals surface area contributed by atoms with Crippen LogP contribution in [0.1, 0.15) is 51.0 Å². The highest BCUT2D eigenvalue weighted by Crippen LogP contribution is 2.30. The Hall–Kier alpha value is -3.76. The molecule has 42 heavy (non-hydrogen) atoms. The zero-order chi connectivity index (χ0) is 29.1. The molecule has 4 aromatic rings. The van der Waals surface area contributed by atoms with Crippen molar-refractivity contribution in [2.45, 2.75) is 69.0 Å². The van der Waals surface area contributed by atoms with Crippen molar-refractivity contribution in [2.24, 2.45) is 5.92 Å². The van der Waals surface area contributed by atoms with Gasteiger partial charge in [-0.05, 0) is 86.9 Å². The number of hydrogen-bond acceptors (Lipinski definition) is 7. The van der Waals surface area contributed by atoms with Gasteiger partial charge in [0.15, 0.2) is 0 Å². The zero-order valence-electron chi connectivity index (χ0n) is 23.8. The molecule has 0 bridgehead atoms. The van der Waals surface area contributed by atoms with E-state index < -0.39 is 15.9 Å². The number of sulfonamides is 1. The van der Waals surface area contributed by atoms with Crippen LogP contribution in [0.15, 0.2) is 71.8 Å². The second kappa shape index (κ2) is 12.2. The normalized spacial score (nSPS) is 20.1. The second-order valence-corrected chi connectivity index (χ2v) is 13.0. The number of aromatic nitrogens is 3. The highest BCUT2D eigenvalue weighted by Gasteiger charge is 2.31. The van der Waals surface area contributed by atoms with Crippen LogP contribution in [0.2, 0.25) is 0 Å². The van der Waals surface area contributed by atoms with E-state index in [2.05, 4.69) is 51.9 Å². The van der Waals surface area contributed by atoms with Gasteiger partial charge in [0.2, 0.25) is 5.91 Å². The number of benzene rings is 2. The number of rotatable bonds is 8. The lowest BCUT2D eigenvalue weighted by atomic mass is 9.87. The van der Waals surface area contributed by atoms with Crippen LogP contribution in [0.4, 0.5) is 5.82 Å². The Labute approximate surface area is 246 Å². The molecule has 2 aromatic heterocycles. The van der Waals surface area contributed by atoms with Crippen LogP contribution in [0.5, 0.6) is 0 Å². The van der Waals surface area contributed by atoms with Gasteiger partial charge in [-0.1, -0.05) is 31.2 Å². The van der Waals surface area contributed by atoms with E-state index in [-0.39, 0.29) is 23.0 Å². The number of anilines is 1. The lowest BCUT2D eigenvalue weighted by molar-refractivity contribution is -0.125. The number of ether oxygens (including phenoxy) is 1. The molecule has 1 amide bonds. The van der Waals surface area contributed by atoms with Gasteiger partial charge < -0.3 is 14.6 Å². The standard InChI is InChI=1S/C32H37N5O4S/c1-2-22-8-14-28-29(20-22)35-31(34-28)24-11-15-30(33-21-24)37-18-16-26(17-19-37)41-25-12-9-23(10-13-25)32(38)36-42(39,40)27-6-4-3-5-7-27/h3-8,11,14-15,20-21,23,25-26H,2,9-10,12-13,16-19H2,1H3,(H,34,35)(H,36,38). The van der Waals surface area contributed by atoms with Crippen molar-refractivity contribution >= 4 is 32.8 Å². The Morgan fingerprint density at radius 3 is 2.40 bits per heavy atom. The van der Waals surface area contributed by atoms with Crippen LogP contribution in [-0.2, 0) is 26.0 Å². The van der Waals surface area contributed by atoms with Crippen LogP contribution < -0.4 is 9.62 Å². The number of pyridine rings is 1. The topological polar surface area (TPSA) is 117 Å². The molecule has 3 heterocycles. The molecule has 6 rings (SSSR count). The minimum Gasteiger partial charge on any atom is -0.375 e. The van der Waals surface area contributed by atoms with Crippen molar-refractivity contribution < 1.29 is 17.9 Å². The molecule has 10 heteroatoms. The van der Waals surface area contributed by atoms with E-state index in [0.717, 1.165) is 73.4 Å². The summed E-state index contributed by atoms with van der Waals surface area (Å²) in [4.78, 5) is 28.0. The third kappa shape index (κ3) is 6.34. The molecule has 2 fully saturated rings. The van der Waals surface area contributed by atoms with Gasteiger partial charge in [-0.25, -0.2) is 23.1 Å². The number of aromatic amines is 1. The van der Waals surface area contributed by atoms with E-state index in [1.165, 1.54) is 17.7 Å². The molecule has 2 N–H and O–H groups in total. The van der Waals surface area contributed by atoms with Crippen LogP contribution in [0, 0.1) is 5.92 Å². The van der Waals surface area contributed by atoms with Crippen LogP contribution in [0.3, 0.4) is 0 Å². The average Bonchev–Trinajstić information content (AvgIpc) is 3.46. The molecule has 9 nitrogen and oxygen atoms in total. The number of nitrogens with one attached hydrogen (secondary N) is 2. The smallest absolute Gasteiger partial charge is 0.264 e. The van der Waals surface area contributed by atoms with Gasteiger partial charge in [0, 0.05) is 30.8 Å². The quantitative estimate of drug-likeness (QED) is 0.290. The molecule has 0 atom stereocenters. The molecular weight excluding hydrogens is 550 g/mol. The summed E-state index contributed by atoms with van der Waals surface area (Å²) < 4.78 is 33.7. The number of aryl methyl sites for hydroxylation is 1. The SMILES string of the molecule is CCc1ccc2nc(-c3ccc(N4CCC(OC5CCC(C(=O)NS(=O)(=O)c6ccccc6)CC5)CC4)nc3)[nH]c2c1. The first-order valence-electron chi connectivity index (χ1n) is 14.8. The fourth-order valence-electron chi connectivity index (χ4n) is 5.96. The van der Waals surface area contributed by atoms with Crippen molar-refractivity contribution in [3.05, 3.63) is 72.4 Å². The van der Waals surface area contributed by atoms with Crippen molar-refractivity contribution in [3.8, 4) is 11.4 Å². The summed E-state index contributed by atoms with van der Waals surface area (Å²) in [5.74, 6) is 1.05. The highest BCUT2D eigenvalue weighted by atomic mass is 32.2. The number of piperidine rings is 1. The minimum absolute atomic E-state index is 0.101. The van der Waals surface area contributed by atoms with Gasteiger partial charge in [0.25, 0.3) is 10.0 Å². The van der Waals surface area contributed by atoms with Gasteiger partial charge >= 0.3 is 0 Å². The summed E-state index contributed by atoms with van der Waals surface area (Å²) in [6.07, 6.45) is 7.76. The number of carbonyl (C=O) groups is 1. The maximum absolute atomic E-state index is 12.7. The van der Waals surface area contributed by atoms with Crippen LogP contribution >= 0.6 is 0 Å². The number of amides is 1. The predicted molar refractivity (Wildman–Crippen MR) is 163 cm³/mol. The van der Waals surface area contributed by atoms with Gasteiger partial charge in [-0.2, -0.15) is 0 Å². The molecule has 220 valence electrons. The molecule has 0 spiro atoms. The molecule has 1 aliphatic heterocycles. The first-order valence-corrected chi connectivity index (χ1v) is 16.3. The Morgan fingerprint density at radius 1 is 0.976 bits per heavy atom. The summed E-state index contributed by atoms with van der Waals surface area (Å²) >= 11 is 0. The third-order valence-electron chi connectivity index (χ3n) is 8.46. The Bertz CT molecular complexity index is 1620. The Balaban J connectivity index is 0.960. The van der Waals surface area contributed by atoms with E-state index >= 15 is 0 Å². The van der Waals surface area contributed by atoms with E-state index in [1.807, 2.05) is 6.20 Å². The molecule has 0 unspecified atom stereocenters. The molecule has 0 radical (unpaired) electrons. The van der Waals surface area contributed by atoms with Gasteiger partial charge in [0.05, 0.1) is 28.1 Å². The number of hydrogen-bond donors (Lipinski definition) is 2. The lowest BCUT2D eigenvalue weighted by Gasteiger charge is -2.36. The maximum atomic E-state index is 12.7. The van der Waals surface area contributed by atoms with Gasteiger partial charge in [-0.3, -0.25) is 4.79 Å². The van der Waals surface area contributed by atoms with Crippen molar-refractivity contribution in [2.75, 3.05) is 18.0 Å². The largest absolute Gasteiger partial charge is 0.375 e. The molecular formula is C32H37N5O4S. The van der Waals surface area contributed by atoms with E-state index in [4.69, 9.17) is 14.7 Å². The zero-order valence-corrected chi connectivity index (χ0v) is 24.6. The van der Waals surface area contributed by atoms with Crippen LogP contribution in [-0.4, -0.2) is 54.6 Å². The van der Waals surface area contributed by atoms with E-state index in [0.29, 0.717) is 12.8 Å². The monoisotopic (exact) mass is 587 g/mol. The lowest BCUT2D eigenvalue weighted by Crippen LogP contribution is -2.41. The fourth-order valence-corrected chi connectivity index (χ4v) is 7.02. The maximum Gasteiger partial charge on any atom is 0.264 e. The molecule has 2 aliphatic rings. The van der Waals surface area contributed by atoms with Gasteiger partial charge in [0.1, 0.15) is 11.6 Å². The second-order valence-electron chi connectivity index (χ2n) is 11.3. The number of nitrogens with zero attached hydrogens (tertiary/aromatic N) is 3. The number of carbonyl (C=O) groups excluding carboxylic acids is 1. The predicted octanol–water partition coefficient (Wildman–Crippen LogP) is 5.24. The summed E-state index contributed by atoms with van der Waals surface area (Å²) in [5.41, 5.74) is 4.25. The summed E-state index contributed by atoms with van der Waals surface area (Å²) in [6, 6.07) is 18.5. The van der Waals surface area contributed by atoms with E-state index in [1.54, 1.807) is 18.2 Å². The van der Waals surface area contributed by atoms with Crippen molar-refractivity contribution in [1.82, 2.24) is 19.7 Å². The Morgan fingerprint density at radius 2 is 1.71 bits per heavy atom. The summed E-state index contributed by atoms with van der Waals surface area (Å²) in [5, 5.41) is 0. The first-order chi connectivity index (χ1) is 20.4. The van der Waals surface area contributed by atoms with Crippen molar-refractivity contribution in [3.63, 3.8) is 0 Å². The number of H-pyrrole nitrogens is 1. The third-order valence-corrected chi connectivity index (χ3v) is 9.82. The molecule has 1 saturated heterocycles. The Kier molecular flexibility index (Phi) is 8.26. The fraction of sp³-hybridized carbons (Fsp3) is 0.406. The summed E-state index contributed by atoms with van der Waals surface area (Å²) in [6.45, 7) is 3.89. The first kappa shape index (κ1) is 28.4. The van der Waals surface area contributed by atoms with E-state index in [9.17, 15) is 13.2 Å². The number of imidazole rings is 1. The highest BCUT2D eigenvalue weighted by molar-refractivity contribution is 7.90. The number of fused-ring (bicyclic) bond motifs is 1. The minimum atomic E-state index is -3.84. The van der Waals surface area contributed by atoms with Crippen molar-refractivity contribution in [1.29, 1.82) is 0 Å². The molecule has 1 aliphatic carbocycles. The molecule has 1 saturated carbocycles. The average molecular weight is 588 g/mol.